The number of benzene rings is 1. The van der Waals surface area contributed by atoms with Gasteiger partial charge in [-0.05, 0) is 31.4 Å². The van der Waals surface area contributed by atoms with Gasteiger partial charge in [0.1, 0.15) is 4.99 Å². The molecule has 0 aliphatic carbocycles. The lowest BCUT2D eigenvalue weighted by molar-refractivity contribution is 0.0984. The number of aryl methyl sites for hydroxylation is 1. The molecule has 110 valence electrons. The minimum Gasteiger partial charge on any atom is -0.389 e. The molecule has 7 heteroatoms. The minimum atomic E-state index is -3.45. The molecular weight excluding hydrogens is 296 g/mol. The molecule has 0 aromatic heterocycles. The first-order valence-electron chi connectivity index (χ1n) is 6.40. The Balaban J connectivity index is 2.29. The highest BCUT2D eigenvalue weighted by Gasteiger charge is 2.28. The van der Waals surface area contributed by atoms with Gasteiger partial charge in [0.2, 0.25) is 10.0 Å². The van der Waals surface area contributed by atoms with Crippen LogP contribution in [0.2, 0.25) is 0 Å². The number of anilines is 1. The summed E-state index contributed by atoms with van der Waals surface area (Å²) in [5, 5.41) is -0.434. The van der Waals surface area contributed by atoms with E-state index in [1.807, 2.05) is 13.0 Å². The van der Waals surface area contributed by atoms with Gasteiger partial charge < -0.3 is 10.5 Å². The van der Waals surface area contributed by atoms with E-state index < -0.39 is 15.3 Å². The highest BCUT2D eigenvalue weighted by atomic mass is 32.2. The zero-order chi connectivity index (χ0) is 14.8. The van der Waals surface area contributed by atoms with Crippen molar-refractivity contribution in [2.45, 2.75) is 25.0 Å². The van der Waals surface area contributed by atoms with Crippen molar-refractivity contribution in [3.63, 3.8) is 0 Å². The fourth-order valence-corrected chi connectivity index (χ4v) is 4.03. The van der Waals surface area contributed by atoms with Crippen LogP contribution in [0.15, 0.2) is 18.2 Å². The lowest BCUT2D eigenvalue weighted by Gasteiger charge is -2.23. The Kier molecular flexibility index (Phi) is 4.62. The van der Waals surface area contributed by atoms with Crippen LogP contribution in [0, 0.1) is 6.92 Å². The summed E-state index contributed by atoms with van der Waals surface area (Å²) in [6.07, 6.45) is 1.01. The van der Waals surface area contributed by atoms with Gasteiger partial charge in [-0.2, -0.15) is 0 Å². The maximum absolute atomic E-state index is 12.4. The minimum absolute atomic E-state index is 0.188. The van der Waals surface area contributed by atoms with Crippen molar-refractivity contribution in [3.05, 3.63) is 29.3 Å². The number of rotatable bonds is 4. The molecule has 5 nitrogen and oxygen atoms in total. The van der Waals surface area contributed by atoms with Crippen LogP contribution in [0.4, 0.5) is 5.69 Å². The number of sulfonamides is 1. The second kappa shape index (κ2) is 6.07. The summed E-state index contributed by atoms with van der Waals surface area (Å²) in [7, 11) is -3.45. The third-order valence-electron chi connectivity index (χ3n) is 3.38. The Morgan fingerprint density at radius 2 is 2.05 bits per heavy atom. The second-order valence-electron chi connectivity index (χ2n) is 4.82. The van der Waals surface area contributed by atoms with Crippen molar-refractivity contribution < 1.29 is 13.2 Å². The van der Waals surface area contributed by atoms with Crippen LogP contribution in [0.3, 0.4) is 0 Å². The molecule has 0 unspecified atom stereocenters. The molecule has 1 aliphatic rings. The van der Waals surface area contributed by atoms with E-state index >= 15 is 0 Å². The summed E-state index contributed by atoms with van der Waals surface area (Å²) in [5.74, 6) is 0. The Hall–Kier alpha value is -1.18. The Morgan fingerprint density at radius 3 is 2.65 bits per heavy atom. The largest absolute Gasteiger partial charge is 0.389 e. The topological polar surface area (TPSA) is 81.4 Å². The molecule has 1 fully saturated rings. The molecule has 1 aromatic rings. The number of nitrogens with two attached hydrogens (primary N) is 1. The fourth-order valence-electron chi connectivity index (χ4n) is 2.30. The molecule has 0 saturated carbocycles. The van der Waals surface area contributed by atoms with Crippen LogP contribution >= 0.6 is 12.2 Å². The first kappa shape index (κ1) is 15.2. The van der Waals surface area contributed by atoms with Crippen molar-refractivity contribution in [2.24, 2.45) is 5.73 Å². The first-order valence-corrected chi connectivity index (χ1v) is 8.36. The van der Waals surface area contributed by atoms with Crippen molar-refractivity contribution in [1.82, 2.24) is 0 Å². The van der Waals surface area contributed by atoms with Crippen LogP contribution in [0.5, 0.6) is 0 Å². The summed E-state index contributed by atoms with van der Waals surface area (Å²) in [4.78, 5) is 0.188. The molecule has 1 aromatic carbocycles. The molecule has 3 N–H and O–H groups in total. The van der Waals surface area contributed by atoms with E-state index in [4.69, 9.17) is 22.7 Å². The molecule has 2 rings (SSSR count). The molecule has 1 aliphatic heterocycles. The van der Waals surface area contributed by atoms with E-state index in [0.29, 0.717) is 37.3 Å². The number of nitrogens with one attached hydrogen (secondary N) is 1. The normalized spacial score (nSPS) is 16.9. The van der Waals surface area contributed by atoms with Gasteiger partial charge in [-0.1, -0.05) is 24.4 Å². The van der Waals surface area contributed by atoms with E-state index in [1.165, 1.54) is 0 Å². The summed E-state index contributed by atoms with van der Waals surface area (Å²) in [5.41, 5.74) is 7.57. The monoisotopic (exact) mass is 314 g/mol. The van der Waals surface area contributed by atoms with Gasteiger partial charge in [-0.15, -0.1) is 0 Å². The van der Waals surface area contributed by atoms with Gasteiger partial charge in [-0.3, -0.25) is 4.72 Å². The molecule has 0 bridgehead atoms. The molecule has 0 spiro atoms. The van der Waals surface area contributed by atoms with Crippen LogP contribution in [0.1, 0.15) is 24.0 Å². The number of thiocarbonyl (C=S) groups is 1. The Bertz CT molecular complexity index is 608. The summed E-state index contributed by atoms with van der Waals surface area (Å²) in [6, 6.07) is 5.30. The van der Waals surface area contributed by atoms with Gasteiger partial charge in [0.25, 0.3) is 0 Å². The van der Waals surface area contributed by atoms with Crippen molar-refractivity contribution in [3.8, 4) is 0 Å². The standard InChI is InChI=1S/C13H18N2O3S2/c1-9-3-2-4-11(12(9)13(14)19)15-20(16,17)10-5-7-18-8-6-10/h2-4,10,15H,5-8H2,1H3,(H2,14,19). The Morgan fingerprint density at radius 1 is 1.40 bits per heavy atom. The van der Waals surface area contributed by atoms with Crippen molar-refractivity contribution in [2.75, 3.05) is 17.9 Å². The SMILES string of the molecule is Cc1cccc(NS(=O)(=O)C2CCOCC2)c1C(N)=S. The van der Waals surface area contributed by atoms with E-state index in [2.05, 4.69) is 4.72 Å². The quantitative estimate of drug-likeness (QED) is 0.824. The van der Waals surface area contributed by atoms with Gasteiger partial charge in [0.15, 0.2) is 0 Å². The maximum atomic E-state index is 12.4. The molecule has 1 saturated heterocycles. The van der Waals surface area contributed by atoms with Gasteiger partial charge >= 0.3 is 0 Å². The lowest BCUT2D eigenvalue weighted by atomic mass is 10.1. The average Bonchev–Trinajstić information content (AvgIpc) is 2.39. The van der Waals surface area contributed by atoms with Crippen molar-refractivity contribution >= 4 is 32.9 Å². The maximum Gasteiger partial charge on any atom is 0.235 e. The van der Waals surface area contributed by atoms with Crippen LogP contribution < -0.4 is 10.5 Å². The second-order valence-corrected chi connectivity index (χ2v) is 7.22. The van der Waals surface area contributed by atoms with Gasteiger partial charge in [-0.25, -0.2) is 8.42 Å². The molecule has 0 atom stereocenters. The average molecular weight is 314 g/mol. The summed E-state index contributed by atoms with van der Waals surface area (Å²) in [6.45, 7) is 2.80. The number of hydrogen-bond donors (Lipinski definition) is 2. The summed E-state index contributed by atoms with van der Waals surface area (Å²) >= 11 is 5.01. The van der Waals surface area contributed by atoms with E-state index in [9.17, 15) is 8.42 Å². The zero-order valence-corrected chi connectivity index (χ0v) is 12.9. The first-order chi connectivity index (χ1) is 9.42. The smallest absolute Gasteiger partial charge is 0.235 e. The van der Waals surface area contributed by atoms with Gasteiger partial charge in [0.05, 0.1) is 10.9 Å². The fraction of sp³-hybridized carbons (Fsp3) is 0.462. The van der Waals surface area contributed by atoms with Crippen molar-refractivity contribution in [1.29, 1.82) is 0 Å². The molecular formula is C13H18N2O3S2. The molecule has 0 radical (unpaired) electrons. The number of ether oxygens (including phenoxy) is 1. The van der Waals surface area contributed by atoms with Crippen LogP contribution in [0.25, 0.3) is 0 Å². The molecule has 20 heavy (non-hydrogen) atoms. The Labute approximate surface area is 124 Å². The zero-order valence-electron chi connectivity index (χ0n) is 11.3. The van der Waals surface area contributed by atoms with Crippen LogP contribution in [-0.2, 0) is 14.8 Å². The number of hydrogen-bond acceptors (Lipinski definition) is 4. The molecule has 0 amide bonds. The third kappa shape index (κ3) is 3.28. The van der Waals surface area contributed by atoms with E-state index in [-0.39, 0.29) is 4.99 Å². The van der Waals surface area contributed by atoms with Crippen LogP contribution in [-0.4, -0.2) is 31.9 Å². The van der Waals surface area contributed by atoms with E-state index in [0.717, 1.165) is 5.56 Å². The highest BCUT2D eigenvalue weighted by molar-refractivity contribution is 7.93. The predicted octanol–water partition coefficient (Wildman–Crippen LogP) is 1.55. The summed E-state index contributed by atoms with van der Waals surface area (Å²) < 4.78 is 32.6. The highest BCUT2D eigenvalue weighted by Crippen LogP contribution is 2.24. The van der Waals surface area contributed by atoms with E-state index in [1.54, 1.807) is 12.1 Å². The third-order valence-corrected chi connectivity index (χ3v) is 5.44. The van der Waals surface area contributed by atoms with Gasteiger partial charge in [0, 0.05) is 18.8 Å². The molecule has 1 heterocycles. The lowest BCUT2D eigenvalue weighted by Crippen LogP contribution is -2.33. The predicted molar refractivity (Wildman–Crippen MR) is 83.4 cm³/mol.